The Morgan fingerprint density at radius 2 is 1.37 bits per heavy atom. The predicted octanol–water partition coefficient (Wildman–Crippen LogP) is 1.60. The van der Waals surface area contributed by atoms with Crippen molar-refractivity contribution in [3.8, 4) is 0 Å². The molecule has 7 nitrogen and oxygen atoms in total. The Labute approximate surface area is 156 Å². The van der Waals surface area contributed by atoms with E-state index in [1.54, 1.807) is 0 Å². The van der Waals surface area contributed by atoms with Crippen LogP contribution in [0.5, 0.6) is 0 Å². The first-order valence-corrected chi connectivity index (χ1v) is 8.50. The highest BCUT2D eigenvalue weighted by atomic mass is 16.5. The van der Waals surface area contributed by atoms with Crippen molar-refractivity contribution in [1.29, 1.82) is 0 Å². The number of hydrogen-bond donors (Lipinski definition) is 1. The van der Waals surface area contributed by atoms with Gasteiger partial charge in [-0.15, -0.1) is 0 Å². The van der Waals surface area contributed by atoms with Gasteiger partial charge in [-0.1, -0.05) is 42.5 Å². The van der Waals surface area contributed by atoms with E-state index in [0.29, 0.717) is 0 Å². The molecule has 142 valence electrons. The summed E-state index contributed by atoms with van der Waals surface area (Å²) < 4.78 is 14.6. The van der Waals surface area contributed by atoms with Crippen molar-refractivity contribution in [1.82, 2.24) is 5.32 Å². The van der Waals surface area contributed by atoms with Gasteiger partial charge in [0.1, 0.15) is 6.04 Å². The Hall–Kier alpha value is -2.93. The number of hydrogen-bond acceptors (Lipinski definition) is 7. The zero-order chi connectivity index (χ0) is 19.6. The Balaban J connectivity index is 2.16. The smallest absolute Gasteiger partial charge is 0.323 e. The molecule has 1 fully saturated rings. The van der Waals surface area contributed by atoms with Crippen LogP contribution in [-0.2, 0) is 28.6 Å². The lowest BCUT2D eigenvalue weighted by Gasteiger charge is -2.22. The quantitative estimate of drug-likeness (QED) is 0.645. The molecule has 0 amide bonds. The lowest BCUT2D eigenvalue weighted by atomic mass is 9.83. The second-order valence-corrected chi connectivity index (χ2v) is 6.31. The fraction of sp³-hybridized carbons (Fsp3) is 0.350. The molecule has 1 aliphatic rings. The van der Waals surface area contributed by atoms with Crippen molar-refractivity contribution in [2.75, 3.05) is 21.3 Å². The van der Waals surface area contributed by atoms with Gasteiger partial charge in [0.25, 0.3) is 0 Å². The van der Waals surface area contributed by atoms with Gasteiger partial charge in [-0.3, -0.25) is 19.7 Å². The number of esters is 3. The molecule has 2 aromatic carbocycles. The van der Waals surface area contributed by atoms with Gasteiger partial charge in [0, 0.05) is 6.04 Å². The number of benzene rings is 2. The highest BCUT2D eigenvalue weighted by molar-refractivity contribution is 5.93. The van der Waals surface area contributed by atoms with E-state index in [-0.39, 0.29) is 0 Å². The first-order valence-electron chi connectivity index (χ1n) is 8.50. The number of carbonyl (C=O) groups excluding carboxylic acids is 3. The maximum absolute atomic E-state index is 12.6. The van der Waals surface area contributed by atoms with Crippen molar-refractivity contribution in [3.05, 3.63) is 48.0 Å². The standard InChI is InChI=1S/C20H21NO6/c1-25-18(22)14-15(19(23)26-2)17(20(24)27-3)21-16(14)13-10-6-8-11-7-4-5-9-12(11)13/h4-10,14-17,21H,1-3H3/t14-,15+,16-,17-/m0/s1. The molecule has 27 heavy (non-hydrogen) atoms. The summed E-state index contributed by atoms with van der Waals surface area (Å²) in [6.45, 7) is 0. The summed E-state index contributed by atoms with van der Waals surface area (Å²) in [5.41, 5.74) is 0.795. The highest BCUT2D eigenvalue weighted by Crippen LogP contribution is 2.41. The van der Waals surface area contributed by atoms with Crippen LogP contribution in [0, 0.1) is 11.8 Å². The minimum Gasteiger partial charge on any atom is -0.469 e. The molecule has 0 unspecified atom stereocenters. The summed E-state index contributed by atoms with van der Waals surface area (Å²) in [6.07, 6.45) is 0. The lowest BCUT2D eigenvalue weighted by Crippen LogP contribution is -2.42. The van der Waals surface area contributed by atoms with E-state index in [1.807, 2.05) is 42.5 Å². The van der Waals surface area contributed by atoms with E-state index < -0.39 is 41.8 Å². The number of rotatable bonds is 4. The Morgan fingerprint density at radius 3 is 2.04 bits per heavy atom. The zero-order valence-corrected chi connectivity index (χ0v) is 15.3. The van der Waals surface area contributed by atoms with E-state index in [1.165, 1.54) is 21.3 Å². The topological polar surface area (TPSA) is 90.9 Å². The number of ether oxygens (including phenoxy) is 3. The van der Waals surface area contributed by atoms with Gasteiger partial charge in [0.15, 0.2) is 0 Å². The van der Waals surface area contributed by atoms with Crippen molar-refractivity contribution in [2.24, 2.45) is 11.8 Å². The maximum atomic E-state index is 12.6. The first kappa shape index (κ1) is 18.8. The molecule has 1 saturated heterocycles. The normalized spacial score (nSPS) is 24.4. The van der Waals surface area contributed by atoms with Crippen LogP contribution in [0.15, 0.2) is 42.5 Å². The van der Waals surface area contributed by atoms with Crippen LogP contribution in [0.1, 0.15) is 11.6 Å². The van der Waals surface area contributed by atoms with Gasteiger partial charge >= 0.3 is 17.9 Å². The van der Waals surface area contributed by atoms with E-state index in [4.69, 9.17) is 14.2 Å². The molecule has 0 radical (unpaired) electrons. The van der Waals surface area contributed by atoms with Gasteiger partial charge < -0.3 is 14.2 Å². The van der Waals surface area contributed by atoms with Crippen LogP contribution < -0.4 is 5.32 Å². The van der Waals surface area contributed by atoms with Gasteiger partial charge in [0.2, 0.25) is 0 Å². The third kappa shape index (κ3) is 3.26. The molecule has 0 aromatic heterocycles. The third-order valence-electron chi connectivity index (χ3n) is 5.02. The molecule has 3 rings (SSSR count). The zero-order valence-electron chi connectivity index (χ0n) is 15.3. The summed E-state index contributed by atoms with van der Waals surface area (Å²) in [6, 6.07) is 11.7. The number of fused-ring (bicyclic) bond motifs is 1. The van der Waals surface area contributed by atoms with Crippen LogP contribution in [-0.4, -0.2) is 45.3 Å². The SMILES string of the molecule is COC(=O)[C@@H]1[C@H](C(=O)OC)[C@H](c2cccc3ccccc23)N[C@@H]1C(=O)OC. The highest BCUT2D eigenvalue weighted by Gasteiger charge is 2.55. The summed E-state index contributed by atoms with van der Waals surface area (Å²) in [7, 11) is 3.70. The molecule has 1 aliphatic heterocycles. The van der Waals surface area contributed by atoms with Gasteiger partial charge in [-0.05, 0) is 16.3 Å². The van der Waals surface area contributed by atoms with Crippen LogP contribution in [0.3, 0.4) is 0 Å². The van der Waals surface area contributed by atoms with Crippen LogP contribution in [0.4, 0.5) is 0 Å². The van der Waals surface area contributed by atoms with Crippen LogP contribution in [0.25, 0.3) is 10.8 Å². The molecular weight excluding hydrogens is 350 g/mol. The Morgan fingerprint density at radius 1 is 0.778 bits per heavy atom. The average Bonchev–Trinajstić information content (AvgIpc) is 3.11. The second-order valence-electron chi connectivity index (χ2n) is 6.31. The molecule has 0 aliphatic carbocycles. The molecule has 0 bridgehead atoms. The Bertz CT molecular complexity index is 874. The molecular formula is C20H21NO6. The predicted molar refractivity (Wildman–Crippen MR) is 96.6 cm³/mol. The fourth-order valence-corrected chi connectivity index (χ4v) is 3.80. The van der Waals surface area contributed by atoms with Gasteiger partial charge in [-0.25, -0.2) is 0 Å². The fourth-order valence-electron chi connectivity index (χ4n) is 3.80. The molecule has 1 N–H and O–H groups in total. The summed E-state index contributed by atoms with van der Waals surface area (Å²) in [4.78, 5) is 37.3. The molecule has 7 heteroatoms. The molecule has 2 aromatic rings. The molecule has 4 atom stereocenters. The van der Waals surface area contributed by atoms with E-state index >= 15 is 0 Å². The van der Waals surface area contributed by atoms with Gasteiger partial charge in [-0.2, -0.15) is 0 Å². The van der Waals surface area contributed by atoms with Crippen molar-refractivity contribution >= 4 is 28.7 Å². The van der Waals surface area contributed by atoms with Crippen LogP contribution in [0.2, 0.25) is 0 Å². The minimum absolute atomic E-state index is 0.595. The van der Waals surface area contributed by atoms with E-state index in [0.717, 1.165) is 16.3 Å². The second kappa shape index (κ2) is 7.75. The molecule has 1 heterocycles. The first-order chi connectivity index (χ1) is 13.0. The van der Waals surface area contributed by atoms with Crippen LogP contribution >= 0.6 is 0 Å². The Kier molecular flexibility index (Phi) is 5.41. The van der Waals surface area contributed by atoms with Crippen molar-refractivity contribution in [2.45, 2.75) is 12.1 Å². The number of carbonyl (C=O) groups is 3. The average molecular weight is 371 g/mol. The molecule has 0 spiro atoms. The van der Waals surface area contributed by atoms with Crippen molar-refractivity contribution in [3.63, 3.8) is 0 Å². The summed E-state index contributed by atoms with van der Waals surface area (Å²) in [5.74, 6) is -3.89. The number of methoxy groups -OCH3 is 3. The number of nitrogens with one attached hydrogen (secondary N) is 1. The summed E-state index contributed by atoms with van der Waals surface area (Å²) in [5, 5.41) is 5.00. The monoisotopic (exact) mass is 371 g/mol. The maximum Gasteiger partial charge on any atom is 0.323 e. The third-order valence-corrected chi connectivity index (χ3v) is 5.02. The lowest BCUT2D eigenvalue weighted by molar-refractivity contribution is -0.159. The minimum atomic E-state index is -1.06. The van der Waals surface area contributed by atoms with Gasteiger partial charge in [0.05, 0.1) is 33.2 Å². The van der Waals surface area contributed by atoms with E-state index in [2.05, 4.69) is 5.32 Å². The molecule has 0 saturated carbocycles. The largest absolute Gasteiger partial charge is 0.469 e. The van der Waals surface area contributed by atoms with Crippen molar-refractivity contribution < 1.29 is 28.6 Å². The summed E-state index contributed by atoms with van der Waals surface area (Å²) >= 11 is 0. The van der Waals surface area contributed by atoms with E-state index in [9.17, 15) is 14.4 Å².